The Morgan fingerprint density at radius 2 is 1.86 bits per heavy atom. The predicted molar refractivity (Wildman–Crippen MR) is 58.1 cm³/mol. The molecule has 0 spiro atoms. The third-order valence-corrected chi connectivity index (χ3v) is 2.71. The molecule has 3 heteroatoms. The number of hydrogen-bond donors (Lipinski definition) is 0. The summed E-state index contributed by atoms with van der Waals surface area (Å²) in [7, 11) is 5.92. The van der Waals surface area contributed by atoms with Crippen molar-refractivity contribution in [3.05, 3.63) is 29.4 Å². The van der Waals surface area contributed by atoms with Gasteiger partial charge in [-0.1, -0.05) is 12.1 Å². The Hall–Kier alpha value is -1.51. The Kier molecular flexibility index (Phi) is 1.95. The Bertz CT molecular complexity index is 543. The summed E-state index contributed by atoms with van der Waals surface area (Å²) in [5.74, 6) is 0. The molecule has 14 heavy (non-hydrogen) atoms. The van der Waals surface area contributed by atoms with Gasteiger partial charge in [-0.2, -0.15) is 0 Å². The Morgan fingerprint density at radius 1 is 1.14 bits per heavy atom. The molecule has 0 bridgehead atoms. The maximum Gasteiger partial charge on any atom is 0.205 e. The van der Waals surface area contributed by atoms with Crippen LogP contribution in [-0.2, 0) is 14.1 Å². The number of aryl methyl sites for hydroxylation is 3. The highest BCUT2D eigenvalue weighted by molar-refractivity contribution is 5.79. The summed E-state index contributed by atoms with van der Waals surface area (Å²) in [5.41, 5.74) is 4.77. The van der Waals surface area contributed by atoms with Crippen LogP contribution in [0.3, 0.4) is 0 Å². The molecule has 0 saturated heterocycles. The summed E-state index contributed by atoms with van der Waals surface area (Å²) < 4.78 is 4.24. The summed E-state index contributed by atoms with van der Waals surface area (Å²) in [6, 6.07) is 6.33. The topological polar surface area (TPSA) is 22.2 Å². The van der Waals surface area contributed by atoms with Crippen molar-refractivity contribution in [3.8, 4) is 0 Å². The van der Waals surface area contributed by atoms with Gasteiger partial charge < -0.3 is 9.13 Å². The van der Waals surface area contributed by atoms with E-state index >= 15 is 0 Å². The fraction of sp³-hybridized carbons (Fsp3) is 0.364. The third-order valence-electron chi connectivity index (χ3n) is 2.71. The second-order valence-electron chi connectivity index (χ2n) is 3.58. The molecule has 2 rings (SSSR count). The molecule has 0 amide bonds. The molecule has 0 unspecified atom stereocenters. The molecular weight excluding hydrogens is 174 g/mol. The standard InChI is InChI=1S/C11H15N3/c1-8-6-5-7-9-10(8)14(4)11(12-2)13(9)3/h5-7H,1-4H3/b12-11+. The maximum absolute atomic E-state index is 4.27. The lowest BCUT2D eigenvalue weighted by Gasteiger charge is -1.98. The number of hydrogen-bond acceptors (Lipinski definition) is 1. The minimum Gasteiger partial charge on any atom is -0.313 e. The molecular formula is C11H15N3. The summed E-state index contributed by atoms with van der Waals surface area (Å²) >= 11 is 0. The van der Waals surface area contributed by atoms with Crippen LogP contribution in [0.1, 0.15) is 5.56 Å². The molecule has 0 atom stereocenters. The second kappa shape index (κ2) is 3.01. The highest BCUT2D eigenvalue weighted by atomic mass is 15.2. The van der Waals surface area contributed by atoms with Crippen LogP contribution in [0.15, 0.2) is 23.2 Å². The van der Waals surface area contributed by atoms with Crippen LogP contribution in [0, 0.1) is 6.92 Å². The van der Waals surface area contributed by atoms with Crippen molar-refractivity contribution in [2.75, 3.05) is 7.05 Å². The molecule has 74 valence electrons. The highest BCUT2D eigenvalue weighted by Gasteiger charge is 2.06. The molecule has 0 saturated carbocycles. The Balaban J connectivity index is 3.10. The average Bonchev–Trinajstić information content (AvgIpc) is 2.41. The zero-order chi connectivity index (χ0) is 10.3. The van der Waals surface area contributed by atoms with Crippen molar-refractivity contribution in [1.29, 1.82) is 0 Å². The molecule has 0 aliphatic carbocycles. The molecule has 0 radical (unpaired) electrons. The van der Waals surface area contributed by atoms with Crippen molar-refractivity contribution in [2.45, 2.75) is 6.92 Å². The van der Waals surface area contributed by atoms with Crippen molar-refractivity contribution in [3.63, 3.8) is 0 Å². The molecule has 0 N–H and O–H groups in total. The van der Waals surface area contributed by atoms with Gasteiger partial charge in [-0.15, -0.1) is 0 Å². The first-order valence-corrected chi connectivity index (χ1v) is 4.70. The average molecular weight is 189 g/mol. The van der Waals surface area contributed by atoms with Gasteiger partial charge in [-0.25, -0.2) is 0 Å². The Labute approximate surface area is 83.3 Å². The summed E-state index contributed by atoms with van der Waals surface area (Å²) in [6.07, 6.45) is 0. The number of fused-ring (bicyclic) bond motifs is 1. The van der Waals surface area contributed by atoms with E-state index in [9.17, 15) is 0 Å². The van der Waals surface area contributed by atoms with Crippen LogP contribution in [0.25, 0.3) is 11.0 Å². The number of aromatic nitrogens is 2. The zero-order valence-corrected chi connectivity index (χ0v) is 9.07. The number of para-hydroxylation sites is 1. The normalized spacial score (nSPS) is 12.7. The molecule has 2 aromatic rings. The molecule has 1 heterocycles. The lowest BCUT2D eigenvalue weighted by Crippen LogP contribution is -2.21. The van der Waals surface area contributed by atoms with Crippen molar-refractivity contribution in [2.24, 2.45) is 19.1 Å². The first-order chi connectivity index (χ1) is 6.66. The second-order valence-corrected chi connectivity index (χ2v) is 3.58. The third kappa shape index (κ3) is 1.02. The van der Waals surface area contributed by atoms with E-state index in [1.54, 1.807) is 0 Å². The van der Waals surface area contributed by atoms with Crippen LogP contribution >= 0.6 is 0 Å². The van der Waals surface area contributed by atoms with Crippen molar-refractivity contribution < 1.29 is 0 Å². The van der Waals surface area contributed by atoms with Gasteiger partial charge >= 0.3 is 0 Å². The monoisotopic (exact) mass is 189 g/mol. The number of rotatable bonds is 0. The Morgan fingerprint density at radius 3 is 2.43 bits per heavy atom. The van der Waals surface area contributed by atoms with Gasteiger partial charge in [-0.3, -0.25) is 4.99 Å². The van der Waals surface area contributed by atoms with Crippen molar-refractivity contribution >= 4 is 11.0 Å². The molecule has 0 aliphatic heterocycles. The van der Waals surface area contributed by atoms with E-state index in [1.165, 1.54) is 16.6 Å². The van der Waals surface area contributed by atoms with Gasteiger partial charge in [-0.05, 0) is 18.6 Å². The predicted octanol–water partition coefficient (Wildman–Crippen LogP) is 1.36. The number of benzene rings is 1. The van der Waals surface area contributed by atoms with Crippen LogP contribution in [0.4, 0.5) is 0 Å². The first-order valence-electron chi connectivity index (χ1n) is 4.70. The van der Waals surface area contributed by atoms with E-state index in [0.717, 1.165) is 5.62 Å². The van der Waals surface area contributed by atoms with E-state index in [1.807, 2.05) is 14.1 Å². The van der Waals surface area contributed by atoms with Gasteiger partial charge in [0.05, 0.1) is 11.0 Å². The fourth-order valence-electron chi connectivity index (χ4n) is 2.08. The summed E-state index contributed by atoms with van der Waals surface area (Å²) in [6.45, 7) is 2.13. The van der Waals surface area contributed by atoms with Crippen LogP contribution in [-0.4, -0.2) is 16.2 Å². The van der Waals surface area contributed by atoms with Crippen LogP contribution < -0.4 is 5.62 Å². The lowest BCUT2D eigenvalue weighted by molar-refractivity contribution is 0.755. The quantitative estimate of drug-likeness (QED) is 0.597. The van der Waals surface area contributed by atoms with E-state index in [-0.39, 0.29) is 0 Å². The lowest BCUT2D eigenvalue weighted by atomic mass is 10.2. The minimum atomic E-state index is 0.995. The minimum absolute atomic E-state index is 0.995. The zero-order valence-electron chi connectivity index (χ0n) is 9.07. The van der Waals surface area contributed by atoms with E-state index in [2.05, 4.69) is 46.3 Å². The summed E-state index contributed by atoms with van der Waals surface area (Å²) in [5, 5.41) is 0. The molecule has 0 fully saturated rings. The fourth-order valence-corrected chi connectivity index (χ4v) is 2.08. The molecule has 3 nitrogen and oxygen atoms in total. The molecule has 1 aromatic carbocycles. The summed E-state index contributed by atoms with van der Waals surface area (Å²) in [4.78, 5) is 4.27. The molecule has 0 aliphatic rings. The van der Waals surface area contributed by atoms with Crippen molar-refractivity contribution in [1.82, 2.24) is 9.13 Å². The van der Waals surface area contributed by atoms with Crippen LogP contribution in [0.5, 0.6) is 0 Å². The molecule has 1 aromatic heterocycles. The van der Waals surface area contributed by atoms with E-state index in [4.69, 9.17) is 0 Å². The van der Waals surface area contributed by atoms with Gasteiger partial charge in [0.2, 0.25) is 5.62 Å². The van der Waals surface area contributed by atoms with Gasteiger partial charge in [0.25, 0.3) is 0 Å². The van der Waals surface area contributed by atoms with Gasteiger partial charge in [0.1, 0.15) is 0 Å². The number of nitrogens with zero attached hydrogens (tertiary/aromatic N) is 3. The number of imidazole rings is 1. The highest BCUT2D eigenvalue weighted by Crippen LogP contribution is 2.15. The van der Waals surface area contributed by atoms with Crippen LogP contribution in [0.2, 0.25) is 0 Å². The first kappa shape index (κ1) is 9.06. The SMILES string of the molecule is C/N=c1\n(C)c2cccc(C)c2n1C. The largest absolute Gasteiger partial charge is 0.313 e. The van der Waals surface area contributed by atoms with E-state index < -0.39 is 0 Å². The van der Waals surface area contributed by atoms with E-state index in [0.29, 0.717) is 0 Å². The van der Waals surface area contributed by atoms with Gasteiger partial charge in [0.15, 0.2) is 0 Å². The van der Waals surface area contributed by atoms with Gasteiger partial charge in [0, 0.05) is 21.1 Å². The maximum atomic E-state index is 4.27. The smallest absolute Gasteiger partial charge is 0.205 e.